The van der Waals surface area contributed by atoms with Gasteiger partial charge in [0.15, 0.2) is 6.61 Å². The molecule has 0 bridgehead atoms. The van der Waals surface area contributed by atoms with Crippen molar-refractivity contribution < 1.29 is 19.1 Å². The molecule has 0 aliphatic rings. The van der Waals surface area contributed by atoms with Gasteiger partial charge in [-0.1, -0.05) is 57.2 Å². The average Bonchev–Trinajstić information content (AvgIpc) is 2.72. The van der Waals surface area contributed by atoms with Crippen LogP contribution in [0.1, 0.15) is 54.7 Å². The molecule has 2 amide bonds. The van der Waals surface area contributed by atoms with Crippen LogP contribution >= 0.6 is 0 Å². The minimum absolute atomic E-state index is 0.00734. The number of hydrogen-bond donors (Lipinski definition) is 2. The molecule has 0 aliphatic heterocycles. The van der Waals surface area contributed by atoms with E-state index in [9.17, 15) is 14.4 Å². The van der Waals surface area contributed by atoms with E-state index in [2.05, 4.69) is 31.4 Å². The van der Waals surface area contributed by atoms with Crippen LogP contribution in [0.4, 0.5) is 0 Å². The minimum Gasteiger partial charge on any atom is -0.454 e. The number of carbonyl (C=O) groups excluding carboxylic acids is 3. The first kappa shape index (κ1) is 24.1. The molecule has 0 radical (unpaired) electrons. The highest BCUT2D eigenvalue weighted by atomic mass is 16.5. The molecule has 6 heteroatoms. The zero-order valence-electron chi connectivity index (χ0n) is 19.0. The molecule has 0 aliphatic carbocycles. The third kappa shape index (κ3) is 7.55. The second-order valence-corrected chi connectivity index (χ2v) is 8.66. The van der Waals surface area contributed by atoms with Gasteiger partial charge in [-0.05, 0) is 54.5 Å². The van der Waals surface area contributed by atoms with Gasteiger partial charge in [0.2, 0.25) is 0 Å². The van der Waals surface area contributed by atoms with Crippen LogP contribution in [0, 0.1) is 6.92 Å². The van der Waals surface area contributed by atoms with Crippen LogP contribution in [-0.2, 0) is 26.2 Å². The predicted octanol–water partition coefficient (Wildman–Crippen LogP) is 3.31. The number of nitrogens with one attached hydrogen (secondary N) is 2. The van der Waals surface area contributed by atoms with Crippen LogP contribution in [0.15, 0.2) is 48.5 Å². The van der Waals surface area contributed by atoms with E-state index in [1.165, 1.54) is 12.5 Å². The zero-order valence-corrected chi connectivity index (χ0v) is 19.0. The van der Waals surface area contributed by atoms with E-state index in [1.54, 1.807) is 12.1 Å². The number of benzene rings is 2. The Hall–Kier alpha value is -3.15. The fourth-order valence-electron chi connectivity index (χ4n) is 3.00. The van der Waals surface area contributed by atoms with Gasteiger partial charge in [0.25, 0.3) is 11.8 Å². The van der Waals surface area contributed by atoms with Crippen LogP contribution in [0.25, 0.3) is 0 Å². The summed E-state index contributed by atoms with van der Waals surface area (Å²) in [5.74, 6) is -1.40. The van der Waals surface area contributed by atoms with Gasteiger partial charge >= 0.3 is 5.97 Å². The molecule has 31 heavy (non-hydrogen) atoms. The summed E-state index contributed by atoms with van der Waals surface area (Å²) in [5.41, 5.74) is 3.89. The van der Waals surface area contributed by atoms with Crippen molar-refractivity contribution in [3.05, 3.63) is 70.8 Å². The number of aryl methyl sites for hydroxylation is 1. The number of amides is 2. The molecule has 0 fully saturated rings. The van der Waals surface area contributed by atoms with Crippen LogP contribution < -0.4 is 10.6 Å². The second-order valence-electron chi connectivity index (χ2n) is 8.66. The monoisotopic (exact) mass is 424 g/mol. The van der Waals surface area contributed by atoms with Crippen molar-refractivity contribution in [2.45, 2.75) is 52.5 Å². The van der Waals surface area contributed by atoms with Crippen molar-refractivity contribution in [2.75, 3.05) is 13.2 Å². The Morgan fingerprint density at radius 1 is 1.00 bits per heavy atom. The van der Waals surface area contributed by atoms with Gasteiger partial charge in [-0.3, -0.25) is 9.59 Å². The highest BCUT2D eigenvalue weighted by Crippen LogP contribution is 2.22. The second kappa shape index (κ2) is 10.8. The lowest BCUT2D eigenvalue weighted by molar-refractivity contribution is -0.150. The van der Waals surface area contributed by atoms with Crippen LogP contribution in [0.5, 0.6) is 0 Å². The predicted molar refractivity (Wildman–Crippen MR) is 121 cm³/mol. The van der Waals surface area contributed by atoms with Crippen LogP contribution in [0.2, 0.25) is 0 Å². The van der Waals surface area contributed by atoms with E-state index in [1.807, 2.05) is 43.3 Å². The van der Waals surface area contributed by atoms with Gasteiger partial charge in [0, 0.05) is 12.1 Å². The van der Waals surface area contributed by atoms with E-state index >= 15 is 0 Å². The lowest BCUT2D eigenvalue weighted by atomic mass is 9.86. The Bertz CT molecular complexity index is 914. The smallest absolute Gasteiger partial charge is 0.328 e. The Labute approximate surface area is 184 Å². The lowest BCUT2D eigenvalue weighted by Crippen LogP contribution is -2.41. The normalized spacial score (nSPS) is 12.0. The van der Waals surface area contributed by atoms with Crippen molar-refractivity contribution in [3.63, 3.8) is 0 Å². The lowest BCUT2D eigenvalue weighted by Gasteiger charge is -2.19. The van der Waals surface area contributed by atoms with Gasteiger partial charge < -0.3 is 15.4 Å². The van der Waals surface area contributed by atoms with E-state index in [0.29, 0.717) is 18.5 Å². The van der Waals surface area contributed by atoms with Crippen LogP contribution in [-0.4, -0.2) is 37.0 Å². The summed E-state index contributed by atoms with van der Waals surface area (Å²) in [7, 11) is 0. The highest BCUT2D eigenvalue weighted by Gasteiger charge is 2.20. The van der Waals surface area contributed by atoms with Crippen molar-refractivity contribution >= 4 is 17.8 Å². The maximum absolute atomic E-state index is 12.4. The third-order valence-electron chi connectivity index (χ3n) is 5.04. The number of ether oxygens (including phenoxy) is 1. The minimum atomic E-state index is -0.866. The molecule has 2 aromatic rings. The molecule has 2 N–H and O–H groups in total. The molecule has 0 saturated heterocycles. The standard InChI is InChI=1S/C25H32N2O4/c1-17-8-6-7-9-19(17)14-15-26-22(28)16-31-24(30)18(2)27-23(29)20-10-12-21(13-11-20)25(3,4)5/h6-13,18H,14-16H2,1-5H3,(H,26,28)(H,27,29)/t18-/m0/s1. The maximum atomic E-state index is 12.4. The summed E-state index contributed by atoms with van der Waals surface area (Å²) in [4.78, 5) is 36.4. The maximum Gasteiger partial charge on any atom is 0.328 e. The SMILES string of the molecule is Cc1ccccc1CCNC(=O)COC(=O)[C@H](C)NC(=O)c1ccc(C(C)(C)C)cc1. The molecular weight excluding hydrogens is 392 g/mol. The Kier molecular flexibility index (Phi) is 8.37. The molecule has 1 atom stereocenters. The molecule has 0 spiro atoms. The number of rotatable bonds is 8. The van der Waals surface area contributed by atoms with E-state index in [4.69, 9.17) is 4.74 Å². The topological polar surface area (TPSA) is 84.5 Å². The summed E-state index contributed by atoms with van der Waals surface area (Å²) in [6, 6.07) is 14.4. The van der Waals surface area contributed by atoms with Gasteiger partial charge in [-0.15, -0.1) is 0 Å². The van der Waals surface area contributed by atoms with Gasteiger partial charge in [0.05, 0.1) is 0 Å². The Morgan fingerprint density at radius 2 is 1.65 bits per heavy atom. The molecule has 0 unspecified atom stereocenters. The molecular formula is C25H32N2O4. The molecule has 0 aromatic heterocycles. The first-order valence-corrected chi connectivity index (χ1v) is 10.5. The summed E-state index contributed by atoms with van der Waals surface area (Å²) < 4.78 is 5.03. The average molecular weight is 425 g/mol. The number of hydrogen-bond acceptors (Lipinski definition) is 4. The van der Waals surface area contributed by atoms with E-state index < -0.39 is 12.0 Å². The largest absolute Gasteiger partial charge is 0.454 e. The quantitative estimate of drug-likeness (QED) is 0.637. The number of carbonyl (C=O) groups is 3. The summed E-state index contributed by atoms with van der Waals surface area (Å²) in [6.45, 7) is 9.91. The van der Waals surface area contributed by atoms with E-state index in [-0.39, 0.29) is 23.8 Å². The van der Waals surface area contributed by atoms with Crippen LogP contribution in [0.3, 0.4) is 0 Å². The first-order valence-electron chi connectivity index (χ1n) is 10.5. The highest BCUT2D eigenvalue weighted by molar-refractivity contribution is 5.96. The molecule has 6 nitrogen and oxygen atoms in total. The van der Waals surface area contributed by atoms with Gasteiger partial charge in [-0.2, -0.15) is 0 Å². The molecule has 166 valence electrons. The van der Waals surface area contributed by atoms with Crippen molar-refractivity contribution in [1.29, 1.82) is 0 Å². The summed E-state index contributed by atoms with van der Waals surface area (Å²) >= 11 is 0. The van der Waals surface area contributed by atoms with Crippen molar-refractivity contribution in [2.24, 2.45) is 0 Å². The fraction of sp³-hybridized carbons (Fsp3) is 0.400. The van der Waals surface area contributed by atoms with Gasteiger partial charge in [-0.25, -0.2) is 4.79 Å². The molecule has 0 heterocycles. The third-order valence-corrected chi connectivity index (χ3v) is 5.04. The summed E-state index contributed by atoms with van der Waals surface area (Å²) in [6.07, 6.45) is 0.701. The van der Waals surface area contributed by atoms with E-state index in [0.717, 1.165) is 11.1 Å². The first-order chi connectivity index (χ1) is 14.6. The molecule has 2 rings (SSSR count). The summed E-state index contributed by atoms with van der Waals surface area (Å²) in [5, 5.41) is 5.34. The van der Waals surface area contributed by atoms with Crippen molar-refractivity contribution in [1.82, 2.24) is 10.6 Å². The Morgan fingerprint density at radius 3 is 2.26 bits per heavy atom. The Balaban J connectivity index is 1.74. The molecule has 0 saturated carbocycles. The van der Waals surface area contributed by atoms with Gasteiger partial charge in [0.1, 0.15) is 6.04 Å². The van der Waals surface area contributed by atoms with Crippen molar-refractivity contribution in [3.8, 4) is 0 Å². The number of esters is 1. The zero-order chi connectivity index (χ0) is 23.0. The molecule has 2 aromatic carbocycles. The fourth-order valence-corrected chi connectivity index (χ4v) is 3.00.